The number of rotatable bonds is 2. The predicted octanol–water partition coefficient (Wildman–Crippen LogP) is 1.11. The molecule has 7 nitrogen and oxygen atoms in total. The first-order valence-electron chi connectivity index (χ1n) is 6.45. The zero-order valence-electron chi connectivity index (χ0n) is 10.9. The zero-order chi connectivity index (χ0) is 14.3. The minimum absolute atomic E-state index is 0.188. The lowest BCUT2D eigenvalue weighted by Crippen LogP contribution is -2.42. The first kappa shape index (κ1) is 11.8. The normalized spacial score (nSPS) is 21.2. The largest absolute Gasteiger partial charge is 0.446 e. The van der Waals surface area contributed by atoms with Crippen LogP contribution >= 0.6 is 0 Å². The number of amides is 1. The molecule has 1 N–H and O–H groups in total. The summed E-state index contributed by atoms with van der Waals surface area (Å²) in [6.07, 6.45) is 2.93. The minimum Gasteiger partial charge on any atom is -0.446 e. The van der Waals surface area contributed by atoms with Crippen LogP contribution < -0.4 is 5.32 Å². The van der Waals surface area contributed by atoms with E-state index in [1.165, 1.54) is 0 Å². The van der Waals surface area contributed by atoms with Crippen molar-refractivity contribution in [2.45, 2.75) is 5.54 Å². The highest BCUT2D eigenvalue weighted by Gasteiger charge is 2.44. The molecule has 7 heteroatoms. The van der Waals surface area contributed by atoms with Crippen LogP contribution in [0.15, 0.2) is 48.9 Å². The Kier molecular flexibility index (Phi) is 2.41. The lowest BCUT2D eigenvalue weighted by atomic mass is 9.88. The molecular weight excluding hydrogens is 270 g/mol. The highest BCUT2D eigenvalue weighted by atomic mass is 16.6. The Morgan fingerprint density at radius 1 is 1.24 bits per heavy atom. The van der Waals surface area contributed by atoms with E-state index in [2.05, 4.69) is 20.5 Å². The molecule has 21 heavy (non-hydrogen) atoms. The topological polar surface area (TPSA) is 81.4 Å². The number of hydrogen-bond acceptors (Lipinski definition) is 5. The molecule has 1 aliphatic rings. The van der Waals surface area contributed by atoms with Crippen LogP contribution in [0, 0.1) is 0 Å². The van der Waals surface area contributed by atoms with Crippen LogP contribution in [0.5, 0.6) is 0 Å². The number of fused-ring (bicyclic) bond motifs is 1. The van der Waals surface area contributed by atoms with Crippen molar-refractivity contribution in [2.75, 3.05) is 6.61 Å². The molecule has 1 fully saturated rings. The molecule has 0 spiro atoms. The summed E-state index contributed by atoms with van der Waals surface area (Å²) < 4.78 is 6.85. The fourth-order valence-electron chi connectivity index (χ4n) is 2.54. The Bertz CT molecular complexity index is 816. The van der Waals surface area contributed by atoms with Crippen molar-refractivity contribution in [3.05, 3.63) is 60.2 Å². The summed E-state index contributed by atoms with van der Waals surface area (Å²) in [6.45, 7) is 0.188. The quantitative estimate of drug-likeness (QED) is 0.761. The highest BCUT2D eigenvalue weighted by molar-refractivity contribution is 5.72. The van der Waals surface area contributed by atoms with Crippen molar-refractivity contribution in [1.29, 1.82) is 0 Å². The predicted molar refractivity (Wildman–Crippen MR) is 72.5 cm³/mol. The number of nitrogens with one attached hydrogen (secondary N) is 1. The summed E-state index contributed by atoms with van der Waals surface area (Å²) in [7, 11) is 0. The average molecular weight is 281 g/mol. The van der Waals surface area contributed by atoms with Crippen molar-refractivity contribution in [3.63, 3.8) is 0 Å². The van der Waals surface area contributed by atoms with E-state index in [9.17, 15) is 4.79 Å². The van der Waals surface area contributed by atoms with Crippen LogP contribution in [0.3, 0.4) is 0 Å². The Balaban J connectivity index is 1.92. The smallest absolute Gasteiger partial charge is 0.408 e. The molecule has 1 unspecified atom stereocenters. The van der Waals surface area contributed by atoms with E-state index in [1.807, 2.05) is 42.6 Å². The van der Waals surface area contributed by atoms with Gasteiger partial charge in [-0.3, -0.25) is 4.40 Å². The van der Waals surface area contributed by atoms with Gasteiger partial charge in [0.15, 0.2) is 0 Å². The third-order valence-electron chi connectivity index (χ3n) is 3.61. The molecule has 0 aliphatic carbocycles. The summed E-state index contributed by atoms with van der Waals surface area (Å²) in [5.41, 5.74) is 0.777. The van der Waals surface area contributed by atoms with Gasteiger partial charge in [0.2, 0.25) is 0 Å². The first-order valence-corrected chi connectivity index (χ1v) is 6.45. The Labute approximate surface area is 119 Å². The first-order chi connectivity index (χ1) is 10.3. The van der Waals surface area contributed by atoms with Gasteiger partial charge in [-0.1, -0.05) is 30.3 Å². The molecule has 1 saturated heterocycles. The van der Waals surface area contributed by atoms with Crippen LogP contribution in [-0.2, 0) is 10.3 Å². The van der Waals surface area contributed by atoms with Gasteiger partial charge in [0.25, 0.3) is 5.78 Å². The van der Waals surface area contributed by atoms with E-state index in [1.54, 1.807) is 10.7 Å². The second-order valence-electron chi connectivity index (χ2n) is 4.82. The van der Waals surface area contributed by atoms with E-state index in [0.717, 1.165) is 5.56 Å². The number of aromatic nitrogens is 4. The van der Waals surface area contributed by atoms with E-state index >= 15 is 0 Å². The van der Waals surface area contributed by atoms with Crippen molar-refractivity contribution >= 4 is 11.9 Å². The van der Waals surface area contributed by atoms with Crippen LogP contribution in [0.1, 0.15) is 11.3 Å². The average Bonchev–Trinajstić information content (AvgIpc) is 3.14. The Morgan fingerprint density at radius 3 is 2.86 bits per heavy atom. The van der Waals surface area contributed by atoms with Crippen LogP contribution in [-0.4, -0.2) is 32.3 Å². The van der Waals surface area contributed by atoms with E-state index in [4.69, 9.17) is 4.74 Å². The summed E-state index contributed by atoms with van der Waals surface area (Å²) in [5, 5.41) is 10.6. The molecule has 2 aromatic heterocycles. The maximum atomic E-state index is 11.6. The number of ether oxygens (including phenoxy) is 1. The molecule has 1 atom stereocenters. The maximum Gasteiger partial charge on any atom is 0.408 e. The second-order valence-corrected chi connectivity index (χ2v) is 4.82. The van der Waals surface area contributed by atoms with Crippen molar-refractivity contribution in [2.24, 2.45) is 0 Å². The van der Waals surface area contributed by atoms with Crippen molar-refractivity contribution < 1.29 is 9.53 Å². The van der Waals surface area contributed by atoms with E-state index in [-0.39, 0.29) is 6.61 Å². The number of hydrogen-bond donors (Lipinski definition) is 1. The summed E-state index contributed by atoms with van der Waals surface area (Å²) in [6, 6.07) is 11.5. The molecule has 1 aromatic carbocycles. The van der Waals surface area contributed by atoms with Crippen LogP contribution in [0.4, 0.5) is 4.79 Å². The fraction of sp³-hybridized carbons (Fsp3) is 0.143. The summed E-state index contributed by atoms with van der Waals surface area (Å²) in [4.78, 5) is 16.1. The van der Waals surface area contributed by atoms with Crippen LogP contribution in [0.2, 0.25) is 0 Å². The number of alkyl carbamates (subject to hydrolysis) is 1. The number of cyclic esters (lactones) is 1. The molecule has 0 saturated carbocycles. The molecular formula is C14H11N5O2. The minimum atomic E-state index is -0.800. The molecule has 104 valence electrons. The molecule has 0 bridgehead atoms. The number of carbonyl (C=O) groups is 1. The SMILES string of the molecule is O=C1NC(c2ccccc2)(c2ccn3cnnc3n2)CO1. The van der Waals surface area contributed by atoms with Gasteiger partial charge < -0.3 is 10.1 Å². The van der Waals surface area contributed by atoms with Crippen LogP contribution in [0.25, 0.3) is 5.78 Å². The van der Waals surface area contributed by atoms with Gasteiger partial charge in [-0.2, -0.15) is 0 Å². The van der Waals surface area contributed by atoms with Gasteiger partial charge in [0.1, 0.15) is 18.5 Å². The molecule has 3 heterocycles. The lowest BCUT2D eigenvalue weighted by Gasteiger charge is -2.26. The molecule has 0 radical (unpaired) electrons. The van der Waals surface area contributed by atoms with E-state index in [0.29, 0.717) is 11.5 Å². The fourth-order valence-corrected chi connectivity index (χ4v) is 2.54. The van der Waals surface area contributed by atoms with Gasteiger partial charge in [-0.05, 0) is 11.6 Å². The van der Waals surface area contributed by atoms with Crippen molar-refractivity contribution in [1.82, 2.24) is 24.9 Å². The third kappa shape index (κ3) is 1.74. The van der Waals surface area contributed by atoms with Gasteiger partial charge in [0.05, 0.1) is 5.69 Å². The number of nitrogens with zero attached hydrogens (tertiary/aromatic N) is 4. The lowest BCUT2D eigenvalue weighted by molar-refractivity contribution is 0.174. The van der Waals surface area contributed by atoms with Gasteiger partial charge in [0, 0.05) is 6.20 Å². The monoisotopic (exact) mass is 281 g/mol. The molecule has 1 aliphatic heterocycles. The standard InChI is InChI=1S/C14H11N5O2/c20-13-17-14(8-21-13,10-4-2-1-3-5-10)11-6-7-19-9-15-18-12(19)16-11/h1-7,9H,8H2,(H,17,20). The molecule has 4 rings (SSSR count). The zero-order valence-corrected chi connectivity index (χ0v) is 10.9. The van der Waals surface area contributed by atoms with Gasteiger partial charge in [-0.15, -0.1) is 10.2 Å². The van der Waals surface area contributed by atoms with Gasteiger partial charge in [-0.25, -0.2) is 9.78 Å². The summed E-state index contributed by atoms with van der Waals surface area (Å²) >= 11 is 0. The maximum absolute atomic E-state index is 11.6. The second kappa shape index (κ2) is 4.27. The molecule has 1 amide bonds. The Hall–Kier alpha value is -2.96. The molecule has 3 aromatic rings. The van der Waals surface area contributed by atoms with E-state index < -0.39 is 11.6 Å². The third-order valence-corrected chi connectivity index (χ3v) is 3.61. The van der Waals surface area contributed by atoms with Crippen molar-refractivity contribution in [3.8, 4) is 0 Å². The van der Waals surface area contributed by atoms with Gasteiger partial charge >= 0.3 is 6.09 Å². The number of benzene rings is 1. The Morgan fingerprint density at radius 2 is 2.10 bits per heavy atom. The highest BCUT2D eigenvalue weighted by Crippen LogP contribution is 2.32. The summed E-state index contributed by atoms with van der Waals surface area (Å²) in [5.74, 6) is 0.476. The number of carbonyl (C=O) groups excluding carboxylic acids is 1.